The number of nitrogens with two attached hydrogens (primary N) is 1. The van der Waals surface area contributed by atoms with Crippen molar-refractivity contribution in [2.45, 2.75) is 13.8 Å². The molecule has 0 saturated carbocycles. The highest BCUT2D eigenvalue weighted by Crippen LogP contribution is 2.32. The Balaban J connectivity index is 2.80. The fraction of sp³-hybridized carbons (Fsp3) is 0.154. The highest BCUT2D eigenvalue weighted by atomic mass is 79.9. The van der Waals surface area contributed by atoms with Crippen molar-refractivity contribution in [1.82, 2.24) is 4.57 Å². The van der Waals surface area contributed by atoms with Gasteiger partial charge in [-0.3, -0.25) is 4.57 Å². The maximum absolute atomic E-state index is 9.12. The average Bonchev–Trinajstić information content (AvgIpc) is 2.54. The number of rotatable bonds is 1. The van der Waals surface area contributed by atoms with Crippen LogP contribution < -0.4 is 5.73 Å². The summed E-state index contributed by atoms with van der Waals surface area (Å²) in [5, 5.41) is 9.71. The third-order valence-corrected chi connectivity index (χ3v) is 3.82. The Kier molecular flexibility index (Phi) is 3.38. The Morgan fingerprint density at radius 2 is 2.06 bits per heavy atom. The summed E-state index contributed by atoms with van der Waals surface area (Å²) in [7, 11) is 0. The van der Waals surface area contributed by atoms with Crippen LogP contribution in [0.25, 0.3) is 5.69 Å². The van der Waals surface area contributed by atoms with Crippen LogP contribution in [0.5, 0.6) is 0 Å². The summed E-state index contributed by atoms with van der Waals surface area (Å²) in [6.45, 7) is 3.80. The van der Waals surface area contributed by atoms with Crippen LogP contribution in [0.4, 0.5) is 5.82 Å². The maximum atomic E-state index is 9.12. The topological polar surface area (TPSA) is 54.7 Å². The minimum absolute atomic E-state index is 0.424. The number of nitrogens with zero attached hydrogens (tertiary/aromatic N) is 2. The van der Waals surface area contributed by atoms with E-state index in [0.717, 1.165) is 21.4 Å². The van der Waals surface area contributed by atoms with E-state index < -0.39 is 0 Å². The quantitative estimate of drug-likeness (QED) is 0.863. The average molecular weight is 325 g/mol. The number of anilines is 1. The molecular formula is C13H11BrClN3. The van der Waals surface area contributed by atoms with Crippen molar-refractivity contribution in [3.8, 4) is 11.8 Å². The second-order valence-electron chi connectivity index (χ2n) is 4.01. The second-order valence-corrected chi connectivity index (χ2v) is 5.34. The van der Waals surface area contributed by atoms with E-state index in [2.05, 4.69) is 22.0 Å². The van der Waals surface area contributed by atoms with Crippen molar-refractivity contribution in [1.29, 1.82) is 5.26 Å². The van der Waals surface area contributed by atoms with Gasteiger partial charge >= 0.3 is 0 Å². The van der Waals surface area contributed by atoms with Gasteiger partial charge in [0, 0.05) is 10.2 Å². The maximum Gasteiger partial charge on any atom is 0.126 e. The van der Waals surface area contributed by atoms with Crippen LogP contribution in [0.3, 0.4) is 0 Å². The zero-order valence-electron chi connectivity index (χ0n) is 9.96. The van der Waals surface area contributed by atoms with Crippen LogP contribution in [0, 0.1) is 25.2 Å². The molecule has 0 saturated heterocycles. The van der Waals surface area contributed by atoms with Crippen LogP contribution in [0.1, 0.15) is 16.8 Å². The van der Waals surface area contributed by atoms with Crippen molar-refractivity contribution >= 4 is 33.3 Å². The van der Waals surface area contributed by atoms with Gasteiger partial charge in [0.1, 0.15) is 11.9 Å². The van der Waals surface area contributed by atoms with Gasteiger partial charge in [-0.25, -0.2) is 0 Å². The molecule has 0 aliphatic carbocycles. The molecule has 5 heteroatoms. The van der Waals surface area contributed by atoms with E-state index >= 15 is 0 Å². The largest absolute Gasteiger partial charge is 0.384 e. The van der Waals surface area contributed by atoms with Crippen LogP contribution in [0.2, 0.25) is 5.02 Å². The molecule has 2 N–H and O–H groups in total. The Morgan fingerprint density at radius 1 is 1.39 bits per heavy atom. The molecule has 1 aromatic carbocycles. The van der Waals surface area contributed by atoms with Crippen LogP contribution >= 0.6 is 27.5 Å². The zero-order valence-corrected chi connectivity index (χ0v) is 12.3. The number of hydrogen-bond acceptors (Lipinski definition) is 2. The first-order chi connectivity index (χ1) is 8.47. The molecule has 0 spiro atoms. The van der Waals surface area contributed by atoms with Crippen LogP contribution in [0.15, 0.2) is 22.7 Å². The first-order valence-corrected chi connectivity index (χ1v) is 6.47. The Bertz CT molecular complexity index is 668. The van der Waals surface area contributed by atoms with E-state index in [1.54, 1.807) is 10.6 Å². The summed E-state index contributed by atoms with van der Waals surface area (Å²) in [6.07, 6.45) is 0. The summed E-state index contributed by atoms with van der Waals surface area (Å²) in [6, 6.07) is 7.66. The van der Waals surface area contributed by atoms with E-state index in [9.17, 15) is 0 Å². The van der Waals surface area contributed by atoms with Gasteiger partial charge < -0.3 is 5.73 Å². The summed E-state index contributed by atoms with van der Waals surface area (Å²) in [5.74, 6) is 0.424. The SMILES string of the molecule is Cc1c(C#N)c(N)n(-c2cc(Br)ccc2Cl)c1C. The fourth-order valence-corrected chi connectivity index (χ4v) is 2.49. The predicted octanol–water partition coefficient (Wildman–Crippen LogP) is 3.96. The molecule has 0 unspecified atom stereocenters. The van der Waals surface area contributed by atoms with Gasteiger partial charge in [0.25, 0.3) is 0 Å². The normalized spacial score (nSPS) is 10.4. The standard InChI is InChI=1S/C13H11BrClN3/c1-7-8(2)18(13(17)10(7)6-16)12-5-9(14)3-4-11(12)15/h3-5H,17H2,1-2H3. The molecule has 0 radical (unpaired) electrons. The molecule has 0 bridgehead atoms. The molecule has 92 valence electrons. The van der Waals surface area contributed by atoms with Gasteiger partial charge in [0.2, 0.25) is 0 Å². The molecule has 18 heavy (non-hydrogen) atoms. The molecule has 3 nitrogen and oxygen atoms in total. The van der Waals surface area contributed by atoms with E-state index in [-0.39, 0.29) is 0 Å². The van der Waals surface area contributed by atoms with E-state index in [1.807, 2.05) is 26.0 Å². The summed E-state index contributed by atoms with van der Waals surface area (Å²) in [4.78, 5) is 0. The van der Waals surface area contributed by atoms with Gasteiger partial charge in [-0.1, -0.05) is 27.5 Å². The van der Waals surface area contributed by atoms with Crippen LogP contribution in [-0.4, -0.2) is 4.57 Å². The van der Waals surface area contributed by atoms with Crippen LogP contribution in [-0.2, 0) is 0 Å². The molecule has 0 aliphatic rings. The molecule has 0 amide bonds. The summed E-state index contributed by atoms with van der Waals surface area (Å²) < 4.78 is 2.71. The Hall–Kier alpha value is -1.44. The molecule has 1 aromatic heterocycles. The van der Waals surface area contributed by atoms with Crippen molar-refractivity contribution in [2.24, 2.45) is 0 Å². The van der Waals surface area contributed by atoms with Crippen molar-refractivity contribution in [3.05, 3.63) is 44.5 Å². The minimum Gasteiger partial charge on any atom is -0.384 e. The molecular weight excluding hydrogens is 314 g/mol. The third-order valence-electron chi connectivity index (χ3n) is 3.01. The molecule has 0 fully saturated rings. The third kappa shape index (κ3) is 1.90. The minimum atomic E-state index is 0.424. The Morgan fingerprint density at radius 3 is 2.61 bits per heavy atom. The van der Waals surface area contributed by atoms with Crippen molar-refractivity contribution in [3.63, 3.8) is 0 Å². The van der Waals surface area contributed by atoms with Gasteiger partial charge in [-0.2, -0.15) is 5.26 Å². The van der Waals surface area contributed by atoms with E-state index in [1.165, 1.54) is 0 Å². The number of nitriles is 1. The molecule has 0 atom stereocenters. The summed E-state index contributed by atoms with van der Waals surface area (Å²) in [5.41, 5.74) is 9.11. The monoisotopic (exact) mass is 323 g/mol. The predicted molar refractivity (Wildman–Crippen MR) is 77.1 cm³/mol. The lowest BCUT2D eigenvalue weighted by Crippen LogP contribution is -2.03. The van der Waals surface area contributed by atoms with E-state index in [0.29, 0.717) is 16.4 Å². The van der Waals surface area contributed by atoms with Crippen molar-refractivity contribution < 1.29 is 0 Å². The van der Waals surface area contributed by atoms with Gasteiger partial charge in [-0.05, 0) is 37.6 Å². The second kappa shape index (κ2) is 4.68. The molecule has 0 aliphatic heterocycles. The highest BCUT2D eigenvalue weighted by molar-refractivity contribution is 9.10. The molecule has 2 aromatic rings. The van der Waals surface area contributed by atoms with E-state index in [4.69, 9.17) is 22.6 Å². The fourth-order valence-electron chi connectivity index (χ4n) is 1.94. The molecule has 1 heterocycles. The lowest BCUT2D eigenvalue weighted by Gasteiger charge is -2.11. The zero-order chi connectivity index (χ0) is 13.4. The number of nitrogen functional groups attached to an aromatic ring is 1. The first-order valence-electron chi connectivity index (χ1n) is 5.30. The smallest absolute Gasteiger partial charge is 0.126 e. The summed E-state index contributed by atoms with van der Waals surface area (Å²) >= 11 is 9.61. The lowest BCUT2D eigenvalue weighted by atomic mass is 10.2. The van der Waals surface area contributed by atoms with Gasteiger partial charge in [-0.15, -0.1) is 0 Å². The number of benzene rings is 1. The first kappa shape index (κ1) is 13.0. The van der Waals surface area contributed by atoms with Gasteiger partial charge in [0.15, 0.2) is 0 Å². The number of hydrogen-bond donors (Lipinski definition) is 1. The Labute approximate surface area is 119 Å². The number of halogens is 2. The number of aromatic nitrogens is 1. The highest BCUT2D eigenvalue weighted by Gasteiger charge is 2.17. The van der Waals surface area contributed by atoms with Gasteiger partial charge in [0.05, 0.1) is 16.3 Å². The molecule has 2 rings (SSSR count). The lowest BCUT2D eigenvalue weighted by molar-refractivity contribution is 1.02. The van der Waals surface area contributed by atoms with Crippen molar-refractivity contribution in [2.75, 3.05) is 5.73 Å².